The molecule has 2 aromatic rings. The lowest BCUT2D eigenvalue weighted by molar-refractivity contribution is 0.350. The van der Waals surface area contributed by atoms with E-state index < -0.39 is 0 Å². The van der Waals surface area contributed by atoms with E-state index in [2.05, 4.69) is 33.6 Å². The van der Waals surface area contributed by atoms with Crippen LogP contribution in [0.2, 0.25) is 0 Å². The Morgan fingerprint density at radius 3 is 2.89 bits per heavy atom. The zero-order chi connectivity index (χ0) is 12.1. The third kappa shape index (κ3) is 1.50. The van der Waals surface area contributed by atoms with Crippen molar-refractivity contribution in [1.29, 1.82) is 0 Å². The van der Waals surface area contributed by atoms with Crippen LogP contribution >= 0.6 is 0 Å². The summed E-state index contributed by atoms with van der Waals surface area (Å²) in [6.45, 7) is 2.35. The number of pyridine rings is 1. The number of nitrogens with zero attached hydrogens (tertiary/aromatic N) is 3. The van der Waals surface area contributed by atoms with E-state index in [9.17, 15) is 0 Å². The van der Waals surface area contributed by atoms with Crippen molar-refractivity contribution in [3.8, 4) is 0 Å². The largest absolute Gasteiger partial charge is 0.326 e. The Bertz CT molecular complexity index is 595. The zero-order valence-electron chi connectivity index (χ0n) is 10.9. The van der Waals surface area contributed by atoms with E-state index in [4.69, 9.17) is 0 Å². The summed E-state index contributed by atoms with van der Waals surface area (Å²) in [5.74, 6) is 0. The number of likely N-dealkylation sites (N-methyl/N-ethyl adjacent to an activating group) is 1. The maximum atomic E-state index is 4.65. The highest BCUT2D eigenvalue weighted by Crippen LogP contribution is 2.41. The lowest BCUT2D eigenvalue weighted by Crippen LogP contribution is -2.21. The lowest BCUT2D eigenvalue weighted by Gasteiger charge is -2.13. The fourth-order valence-electron chi connectivity index (χ4n) is 3.24. The molecule has 0 amide bonds. The average Bonchev–Trinajstić information content (AvgIpc) is 3.19. The Kier molecular flexibility index (Phi) is 2.24. The molecule has 0 unspecified atom stereocenters. The van der Waals surface area contributed by atoms with Crippen LogP contribution in [0, 0.1) is 0 Å². The molecule has 0 atom stereocenters. The van der Waals surface area contributed by atoms with Crippen molar-refractivity contribution < 1.29 is 0 Å². The van der Waals surface area contributed by atoms with Crippen LogP contribution in [-0.4, -0.2) is 34.6 Å². The quantitative estimate of drug-likeness (QED) is 0.764. The summed E-state index contributed by atoms with van der Waals surface area (Å²) in [4.78, 5) is 7.09. The van der Waals surface area contributed by atoms with Gasteiger partial charge in [-0.1, -0.05) is 0 Å². The summed E-state index contributed by atoms with van der Waals surface area (Å²) in [5.41, 5.74) is 4.36. The molecule has 1 saturated carbocycles. The summed E-state index contributed by atoms with van der Waals surface area (Å²) >= 11 is 0. The maximum absolute atomic E-state index is 4.65. The van der Waals surface area contributed by atoms with Crippen LogP contribution in [0.25, 0.3) is 11.0 Å². The highest BCUT2D eigenvalue weighted by molar-refractivity contribution is 5.82. The van der Waals surface area contributed by atoms with Crippen molar-refractivity contribution in [2.45, 2.75) is 31.7 Å². The van der Waals surface area contributed by atoms with Crippen LogP contribution < -0.4 is 0 Å². The third-order valence-electron chi connectivity index (χ3n) is 4.37. The lowest BCUT2D eigenvalue weighted by atomic mass is 10.1. The van der Waals surface area contributed by atoms with Crippen LogP contribution in [0.5, 0.6) is 0 Å². The van der Waals surface area contributed by atoms with E-state index in [1.54, 1.807) is 11.3 Å². The van der Waals surface area contributed by atoms with Gasteiger partial charge in [-0.25, -0.2) is 4.98 Å². The molecule has 1 aliphatic carbocycles. The minimum Gasteiger partial charge on any atom is -0.326 e. The second-order valence-corrected chi connectivity index (χ2v) is 5.70. The summed E-state index contributed by atoms with van der Waals surface area (Å²) in [6.07, 6.45) is 6.96. The average molecular weight is 241 g/mol. The van der Waals surface area contributed by atoms with Gasteiger partial charge in [0.2, 0.25) is 0 Å². The van der Waals surface area contributed by atoms with Gasteiger partial charge in [0.25, 0.3) is 0 Å². The smallest absolute Gasteiger partial charge is 0.140 e. The van der Waals surface area contributed by atoms with E-state index in [0.717, 1.165) is 6.04 Å². The van der Waals surface area contributed by atoms with E-state index in [1.165, 1.54) is 49.8 Å². The van der Waals surface area contributed by atoms with Crippen LogP contribution in [0.4, 0.5) is 0 Å². The minimum absolute atomic E-state index is 0.731. The Labute approximate surface area is 107 Å². The summed E-state index contributed by atoms with van der Waals surface area (Å²) in [5, 5.41) is 1.40. The molecule has 94 valence electrons. The Morgan fingerprint density at radius 1 is 1.22 bits per heavy atom. The van der Waals surface area contributed by atoms with Crippen molar-refractivity contribution in [3.63, 3.8) is 0 Å². The number of aromatic nitrogens is 2. The van der Waals surface area contributed by atoms with Gasteiger partial charge in [0, 0.05) is 42.8 Å². The first-order valence-electron chi connectivity index (χ1n) is 7.00. The fraction of sp³-hybridized carbons (Fsp3) is 0.533. The molecule has 3 heterocycles. The highest BCUT2D eigenvalue weighted by Gasteiger charge is 2.30. The predicted octanol–water partition coefficient (Wildman–Crippen LogP) is 2.40. The molecule has 0 saturated heterocycles. The first-order chi connectivity index (χ1) is 8.84. The van der Waals surface area contributed by atoms with Crippen molar-refractivity contribution in [2.24, 2.45) is 0 Å². The topological polar surface area (TPSA) is 21.1 Å². The molecule has 2 aromatic heterocycles. The molecule has 0 N–H and O–H groups in total. The highest BCUT2D eigenvalue weighted by atomic mass is 15.1. The summed E-state index contributed by atoms with van der Waals surface area (Å²) < 4.78 is 2.55. The van der Waals surface area contributed by atoms with Crippen molar-refractivity contribution in [2.75, 3.05) is 20.1 Å². The summed E-state index contributed by atoms with van der Waals surface area (Å²) in [7, 11) is 2.23. The number of hydrogen-bond donors (Lipinski definition) is 0. The van der Waals surface area contributed by atoms with Gasteiger partial charge in [-0.2, -0.15) is 0 Å². The monoisotopic (exact) mass is 241 g/mol. The van der Waals surface area contributed by atoms with Gasteiger partial charge in [-0.05, 0) is 44.0 Å². The molecule has 0 radical (unpaired) electrons. The second kappa shape index (κ2) is 3.82. The van der Waals surface area contributed by atoms with Crippen molar-refractivity contribution in [3.05, 3.63) is 29.6 Å². The van der Waals surface area contributed by atoms with Gasteiger partial charge in [0.15, 0.2) is 0 Å². The molecule has 2 aliphatic rings. The van der Waals surface area contributed by atoms with Gasteiger partial charge in [-0.15, -0.1) is 0 Å². The van der Waals surface area contributed by atoms with E-state index in [0.29, 0.717) is 0 Å². The van der Waals surface area contributed by atoms with Gasteiger partial charge in [-0.3, -0.25) is 0 Å². The van der Waals surface area contributed by atoms with Gasteiger partial charge in [0.05, 0.1) is 0 Å². The molecule has 3 heteroatoms. The second-order valence-electron chi connectivity index (χ2n) is 5.70. The molecular formula is C15H19N3. The zero-order valence-corrected chi connectivity index (χ0v) is 10.9. The normalized spacial score (nSPS) is 20.9. The van der Waals surface area contributed by atoms with Crippen LogP contribution in [0.15, 0.2) is 18.3 Å². The van der Waals surface area contributed by atoms with Crippen molar-refractivity contribution in [1.82, 2.24) is 14.5 Å². The molecule has 18 heavy (non-hydrogen) atoms. The number of hydrogen-bond acceptors (Lipinski definition) is 2. The molecular weight excluding hydrogens is 222 g/mol. The molecule has 3 nitrogen and oxygen atoms in total. The van der Waals surface area contributed by atoms with Crippen LogP contribution in [-0.2, 0) is 12.8 Å². The van der Waals surface area contributed by atoms with Crippen LogP contribution in [0.3, 0.4) is 0 Å². The fourth-order valence-corrected chi connectivity index (χ4v) is 3.24. The molecule has 0 aromatic carbocycles. The Morgan fingerprint density at radius 2 is 2.06 bits per heavy atom. The SMILES string of the molecule is CN1CCc2c(n(C3CC3)c3ncccc23)CC1. The maximum Gasteiger partial charge on any atom is 0.140 e. The summed E-state index contributed by atoms with van der Waals surface area (Å²) in [6, 6.07) is 5.06. The molecule has 0 bridgehead atoms. The van der Waals surface area contributed by atoms with Gasteiger partial charge in [0.1, 0.15) is 5.65 Å². The van der Waals surface area contributed by atoms with E-state index in [1.807, 2.05) is 6.20 Å². The van der Waals surface area contributed by atoms with Gasteiger partial charge < -0.3 is 9.47 Å². The molecule has 4 rings (SSSR count). The Hall–Kier alpha value is -1.35. The van der Waals surface area contributed by atoms with E-state index in [-0.39, 0.29) is 0 Å². The first kappa shape index (κ1) is 10.6. The van der Waals surface area contributed by atoms with E-state index >= 15 is 0 Å². The third-order valence-corrected chi connectivity index (χ3v) is 4.37. The molecule has 1 fully saturated rings. The van der Waals surface area contributed by atoms with Crippen molar-refractivity contribution >= 4 is 11.0 Å². The minimum atomic E-state index is 0.731. The molecule has 1 aliphatic heterocycles. The standard InChI is InChI=1S/C15H19N3/c1-17-9-6-12-13-3-2-8-16-15(13)18(11-4-5-11)14(12)7-10-17/h2-3,8,11H,4-7,9-10H2,1H3. The molecule has 0 spiro atoms. The number of fused-ring (bicyclic) bond motifs is 3. The van der Waals surface area contributed by atoms with Gasteiger partial charge >= 0.3 is 0 Å². The number of rotatable bonds is 1. The first-order valence-corrected chi connectivity index (χ1v) is 7.00. The predicted molar refractivity (Wildman–Crippen MR) is 72.9 cm³/mol. The Balaban J connectivity index is 1.96. The van der Waals surface area contributed by atoms with Crippen LogP contribution in [0.1, 0.15) is 30.1 Å².